The van der Waals surface area contributed by atoms with Gasteiger partial charge < -0.3 is 19.5 Å². The van der Waals surface area contributed by atoms with Crippen molar-refractivity contribution < 1.29 is 28.6 Å². The van der Waals surface area contributed by atoms with Crippen LogP contribution in [0.1, 0.15) is 26.3 Å². The van der Waals surface area contributed by atoms with Crippen molar-refractivity contribution in [1.29, 1.82) is 0 Å². The van der Waals surface area contributed by atoms with Crippen LogP contribution in [-0.4, -0.2) is 38.5 Å². The molecule has 0 atom stereocenters. The van der Waals surface area contributed by atoms with Gasteiger partial charge in [-0.1, -0.05) is 48.0 Å². The maximum atomic E-state index is 12.9. The smallest absolute Gasteiger partial charge is 0.346 e. The SMILES string of the molecule is COc1cccc(OC)c1C(=O)OCC(=O)Nc1ccc(Cl)cc1C(=O)c1ccccc1. The summed E-state index contributed by atoms with van der Waals surface area (Å²) in [5.74, 6) is -1.21. The van der Waals surface area contributed by atoms with Crippen LogP contribution < -0.4 is 14.8 Å². The number of anilines is 1. The van der Waals surface area contributed by atoms with E-state index in [0.717, 1.165) is 0 Å². The fourth-order valence-corrected chi connectivity index (χ4v) is 3.17. The van der Waals surface area contributed by atoms with E-state index in [-0.39, 0.29) is 34.1 Å². The number of hydrogen-bond donors (Lipinski definition) is 1. The molecule has 1 amide bonds. The zero-order valence-corrected chi connectivity index (χ0v) is 18.1. The molecule has 0 saturated heterocycles. The summed E-state index contributed by atoms with van der Waals surface area (Å²) in [6, 6.07) is 17.9. The average molecular weight is 454 g/mol. The number of ether oxygens (including phenoxy) is 3. The molecule has 0 saturated carbocycles. The molecule has 0 radical (unpaired) electrons. The number of ketones is 1. The highest BCUT2D eigenvalue weighted by molar-refractivity contribution is 6.31. The van der Waals surface area contributed by atoms with Gasteiger partial charge in [-0.15, -0.1) is 0 Å². The number of nitrogens with one attached hydrogen (secondary N) is 1. The largest absolute Gasteiger partial charge is 0.496 e. The molecule has 8 heteroatoms. The highest BCUT2D eigenvalue weighted by Crippen LogP contribution is 2.29. The normalized spacial score (nSPS) is 10.2. The molecule has 0 aliphatic heterocycles. The predicted molar refractivity (Wildman–Crippen MR) is 120 cm³/mol. The van der Waals surface area contributed by atoms with Crippen molar-refractivity contribution in [1.82, 2.24) is 0 Å². The Morgan fingerprint density at radius 3 is 2.16 bits per heavy atom. The Kier molecular flexibility index (Phi) is 7.46. The molecule has 0 heterocycles. The number of amides is 1. The van der Waals surface area contributed by atoms with Gasteiger partial charge in [0.25, 0.3) is 5.91 Å². The molecule has 164 valence electrons. The van der Waals surface area contributed by atoms with Gasteiger partial charge >= 0.3 is 5.97 Å². The minimum absolute atomic E-state index is 0.0664. The predicted octanol–water partition coefficient (Wildman–Crippen LogP) is 4.38. The third-order valence-electron chi connectivity index (χ3n) is 4.50. The fraction of sp³-hybridized carbons (Fsp3) is 0.125. The van der Waals surface area contributed by atoms with Crippen molar-refractivity contribution in [3.05, 3.63) is 88.4 Å². The Balaban J connectivity index is 1.74. The first-order valence-electron chi connectivity index (χ1n) is 9.52. The number of halogens is 1. The Morgan fingerprint density at radius 1 is 0.875 bits per heavy atom. The van der Waals surface area contributed by atoms with Crippen molar-refractivity contribution in [3.8, 4) is 11.5 Å². The van der Waals surface area contributed by atoms with E-state index in [0.29, 0.717) is 10.6 Å². The molecule has 0 aliphatic rings. The summed E-state index contributed by atoms with van der Waals surface area (Å²) >= 11 is 6.05. The molecule has 3 rings (SSSR count). The topological polar surface area (TPSA) is 90.9 Å². The van der Waals surface area contributed by atoms with Crippen LogP contribution in [0.3, 0.4) is 0 Å². The highest BCUT2D eigenvalue weighted by Gasteiger charge is 2.21. The van der Waals surface area contributed by atoms with E-state index in [1.54, 1.807) is 54.6 Å². The number of methoxy groups -OCH3 is 2. The lowest BCUT2D eigenvalue weighted by Crippen LogP contribution is -2.22. The maximum Gasteiger partial charge on any atom is 0.346 e. The third kappa shape index (κ3) is 5.25. The summed E-state index contributed by atoms with van der Waals surface area (Å²) in [5, 5.41) is 2.94. The summed E-state index contributed by atoms with van der Waals surface area (Å²) in [6.45, 7) is -0.582. The Hall–Kier alpha value is -3.84. The van der Waals surface area contributed by atoms with Crippen LogP contribution >= 0.6 is 11.6 Å². The molecular formula is C24H20ClNO6. The van der Waals surface area contributed by atoms with Gasteiger partial charge in [0.15, 0.2) is 12.4 Å². The minimum Gasteiger partial charge on any atom is -0.496 e. The number of carbonyl (C=O) groups excluding carboxylic acids is 3. The molecule has 0 unspecified atom stereocenters. The van der Waals surface area contributed by atoms with Crippen LogP contribution in [0, 0.1) is 0 Å². The highest BCUT2D eigenvalue weighted by atomic mass is 35.5. The monoisotopic (exact) mass is 453 g/mol. The Labute approximate surface area is 189 Å². The van der Waals surface area contributed by atoms with Crippen molar-refractivity contribution in [2.24, 2.45) is 0 Å². The zero-order chi connectivity index (χ0) is 23.1. The quantitative estimate of drug-likeness (QED) is 0.402. The lowest BCUT2D eigenvalue weighted by Gasteiger charge is -2.13. The third-order valence-corrected chi connectivity index (χ3v) is 4.74. The van der Waals surface area contributed by atoms with E-state index < -0.39 is 18.5 Å². The average Bonchev–Trinajstić information content (AvgIpc) is 2.83. The lowest BCUT2D eigenvalue weighted by atomic mass is 10.0. The molecular weight excluding hydrogens is 434 g/mol. The van der Waals surface area contributed by atoms with Crippen molar-refractivity contribution in [3.63, 3.8) is 0 Å². The summed E-state index contributed by atoms with van der Waals surface area (Å²) in [5.41, 5.74) is 0.977. The molecule has 7 nitrogen and oxygen atoms in total. The van der Waals surface area contributed by atoms with Crippen LogP contribution in [-0.2, 0) is 9.53 Å². The van der Waals surface area contributed by atoms with Gasteiger partial charge in [-0.25, -0.2) is 4.79 Å². The van der Waals surface area contributed by atoms with Gasteiger partial charge in [-0.05, 0) is 30.3 Å². The summed E-state index contributed by atoms with van der Waals surface area (Å²) in [6.07, 6.45) is 0. The molecule has 1 N–H and O–H groups in total. The van der Waals surface area contributed by atoms with Crippen molar-refractivity contribution in [2.75, 3.05) is 26.1 Å². The minimum atomic E-state index is -0.786. The van der Waals surface area contributed by atoms with Crippen LogP contribution in [0.4, 0.5) is 5.69 Å². The van der Waals surface area contributed by atoms with Gasteiger partial charge in [0.1, 0.15) is 17.1 Å². The zero-order valence-electron chi connectivity index (χ0n) is 17.4. The van der Waals surface area contributed by atoms with E-state index in [2.05, 4.69) is 5.32 Å². The van der Waals surface area contributed by atoms with E-state index in [1.165, 1.54) is 26.4 Å². The second-order valence-electron chi connectivity index (χ2n) is 6.55. The Bertz CT molecular complexity index is 1120. The number of hydrogen-bond acceptors (Lipinski definition) is 6. The fourth-order valence-electron chi connectivity index (χ4n) is 3.00. The van der Waals surface area contributed by atoms with E-state index in [9.17, 15) is 14.4 Å². The standard InChI is InChI=1S/C24H20ClNO6/c1-30-19-9-6-10-20(31-2)22(19)24(29)32-14-21(27)26-18-12-11-16(25)13-17(18)23(28)15-7-4-3-5-8-15/h3-13H,14H2,1-2H3,(H,26,27). The van der Waals surface area contributed by atoms with Crippen molar-refractivity contribution in [2.45, 2.75) is 0 Å². The molecule has 0 aromatic heterocycles. The number of carbonyl (C=O) groups is 3. The maximum absolute atomic E-state index is 12.9. The van der Waals surface area contributed by atoms with Crippen LogP contribution in [0.25, 0.3) is 0 Å². The van der Waals surface area contributed by atoms with Gasteiger partial charge in [-0.3, -0.25) is 9.59 Å². The van der Waals surface area contributed by atoms with Crippen LogP contribution in [0.5, 0.6) is 11.5 Å². The molecule has 3 aromatic rings. The van der Waals surface area contributed by atoms with E-state index in [1.807, 2.05) is 0 Å². The van der Waals surface area contributed by atoms with Crippen LogP contribution in [0.2, 0.25) is 5.02 Å². The second-order valence-corrected chi connectivity index (χ2v) is 6.98. The number of benzene rings is 3. The number of rotatable bonds is 8. The molecule has 0 bridgehead atoms. The second kappa shape index (κ2) is 10.5. The van der Waals surface area contributed by atoms with Gasteiger partial charge in [0, 0.05) is 16.1 Å². The molecule has 0 spiro atoms. The molecule has 0 fully saturated rings. The van der Waals surface area contributed by atoms with E-state index in [4.69, 9.17) is 25.8 Å². The first kappa shape index (κ1) is 22.8. The van der Waals surface area contributed by atoms with Gasteiger partial charge in [-0.2, -0.15) is 0 Å². The first-order valence-corrected chi connectivity index (χ1v) is 9.89. The van der Waals surface area contributed by atoms with Crippen LogP contribution in [0.15, 0.2) is 66.7 Å². The number of esters is 1. The summed E-state index contributed by atoms with van der Waals surface area (Å²) in [7, 11) is 2.81. The van der Waals surface area contributed by atoms with Gasteiger partial charge in [0.05, 0.1) is 19.9 Å². The molecule has 32 heavy (non-hydrogen) atoms. The lowest BCUT2D eigenvalue weighted by molar-refractivity contribution is -0.119. The summed E-state index contributed by atoms with van der Waals surface area (Å²) < 4.78 is 15.5. The summed E-state index contributed by atoms with van der Waals surface area (Å²) in [4.78, 5) is 37.9. The van der Waals surface area contributed by atoms with Crippen molar-refractivity contribution >= 4 is 34.9 Å². The Morgan fingerprint density at radius 2 is 1.53 bits per heavy atom. The molecule has 0 aliphatic carbocycles. The van der Waals surface area contributed by atoms with E-state index >= 15 is 0 Å². The molecule has 3 aromatic carbocycles. The first-order chi connectivity index (χ1) is 15.4. The van der Waals surface area contributed by atoms with Gasteiger partial charge in [0.2, 0.25) is 0 Å².